The molecule has 5 heteroatoms. The first kappa shape index (κ1) is 14.7. The normalized spacial score (nSPS) is 11.1. The predicted molar refractivity (Wildman–Crippen MR) is 73.2 cm³/mol. The fourth-order valence-electron chi connectivity index (χ4n) is 1.38. The Labute approximate surface area is 109 Å². The van der Waals surface area contributed by atoms with Crippen molar-refractivity contribution in [2.24, 2.45) is 0 Å². The van der Waals surface area contributed by atoms with Crippen molar-refractivity contribution in [3.63, 3.8) is 0 Å². The minimum Gasteiger partial charge on any atom is -0.497 e. The van der Waals surface area contributed by atoms with Crippen molar-refractivity contribution in [2.75, 3.05) is 20.3 Å². The number of ether oxygens (including phenoxy) is 2. The van der Waals surface area contributed by atoms with Crippen LogP contribution in [0, 0.1) is 0 Å². The van der Waals surface area contributed by atoms with Crippen molar-refractivity contribution < 1.29 is 18.7 Å². The number of hydrogen-bond acceptors (Lipinski definition) is 4. The van der Waals surface area contributed by atoms with Crippen LogP contribution in [0.5, 0.6) is 11.5 Å². The number of methoxy groups -OCH3 is 1. The van der Waals surface area contributed by atoms with Gasteiger partial charge in [-0.05, 0) is 37.8 Å². The largest absolute Gasteiger partial charge is 0.497 e. The maximum absolute atomic E-state index is 10.9. The van der Waals surface area contributed by atoms with Crippen LogP contribution in [-0.4, -0.2) is 34.9 Å². The molecule has 1 rings (SSSR count). The first-order chi connectivity index (χ1) is 8.46. The Balaban J connectivity index is 2.54. The van der Waals surface area contributed by atoms with Crippen LogP contribution in [0.1, 0.15) is 10.4 Å². The van der Waals surface area contributed by atoms with E-state index >= 15 is 0 Å². The van der Waals surface area contributed by atoms with Gasteiger partial charge in [0, 0.05) is 0 Å². The molecule has 0 aliphatic rings. The van der Waals surface area contributed by atoms with Gasteiger partial charge in [-0.25, -0.2) is 0 Å². The molecule has 0 saturated carbocycles. The zero-order chi connectivity index (χ0) is 13.6. The minimum absolute atomic E-state index is 0.442. The van der Waals surface area contributed by atoms with Crippen LogP contribution in [-0.2, 0) is 4.43 Å². The van der Waals surface area contributed by atoms with Crippen LogP contribution in [0.4, 0.5) is 0 Å². The van der Waals surface area contributed by atoms with Crippen LogP contribution in [0.15, 0.2) is 18.2 Å². The zero-order valence-corrected chi connectivity index (χ0v) is 12.4. The molecule has 1 aromatic rings. The van der Waals surface area contributed by atoms with E-state index in [1.807, 2.05) is 0 Å². The fourth-order valence-corrected chi connectivity index (χ4v) is 2.07. The molecule has 0 unspecified atom stereocenters. The summed E-state index contributed by atoms with van der Waals surface area (Å²) in [5.41, 5.74) is 0.488. The highest BCUT2D eigenvalue weighted by Crippen LogP contribution is 2.22. The summed E-state index contributed by atoms with van der Waals surface area (Å²) in [5.74, 6) is 1.20. The maximum Gasteiger partial charge on any atom is 0.183 e. The van der Waals surface area contributed by atoms with E-state index in [9.17, 15) is 4.79 Å². The summed E-state index contributed by atoms with van der Waals surface area (Å²) in [6.45, 7) is 7.35. The lowest BCUT2D eigenvalue weighted by atomic mass is 10.2. The number of aldehydes is 1. The molecule has 18 heavy (non-hydrogen) atoms. The molecule has 0 fully saturated rings. The second-order valence-corrected chi connectivity index (χ2v) is 9.34. The molecule has 0 atom stereocenters. The minimum atomic E-state index is -1.50. The SMILES string of the molecule is COc1ccc(OCCO[Si](C)(C)C)c(C=O)c1. The van der Waals surface area contributed by atoms with Gasteiger partial charge in [-0.3, -0.25) is 4.79 Å². The van der Waals surface area contributed by atoms with E-state index in [1.165, 1.54) is 0 Å². The Bertz CT molecular complexity index is 398. The first-order valence-electron chi connectivity index (χ1n) is 5.86. The van der Waals surface area contributed by atoms with Crippen LogP contribution < -0.4 is 9.47 Å². The van der Waals surface area contributed by atoms with Crippen molar-refractivity contribution in [2.45, 2.75) is 19.6 Å². The van der Waals surface area contributed by atoms with Gasteiger partial charge in [0.25, 0.3) is 0 Å². The highest BCUT2D eigenvalue weighted by Gasteiger charge is 2.13. The van der Waals surface area contributed by atoms with Gasteiger partial charge in [0.2, 0.25) is 0 Å². The van der Waals surface area contributed by atoms with Crippen LogP contribution in [0.3, 0.4) is 0 Å². The van der Waals surface area contributed by atoms with E-state index in [0.717, 1.165) is 6.29 Å². The lowest BCUT2D eigenvalue weighted by Crippen LogP contribution is -2.27. The first-order valence-corrected chi connectivity index (χ1v) is 9.27. The molecule has 0 spiro atoms. The Morgan fingerprint density at radius 2 is 1.94 bits per heavy atom. The summed E-state index contributed by atoms with van der Waals surface area (Å²) in [4.78, 5) is 10.9. The topological polar surface area (TPSA) is 44.8 Å². The van der Waals surface area contributed by atoms with Gasteiger partial charge < -0.3 is 13.9 Å². The second-order valence-electron chi connectivity index (χ2n) is 4.83. The average molecular weight is 268 g/mol. The van der Waals surface area contributed by atoms with Crippen molar-refractivity contribution in [1.82, 2.24) is 0 Å². The number of hydrogen-bond donors (Lipinski definition) is 0. The van der Waals surface area contributed by atoms with Gasteiger partial charge in [0.1, 0.15) is 18.1 Å². The summed E-state index contributed by atoms with van der Waals surface area (Å²) >= 11 is 0. The molecular formula is C13H20O4Si. The maximum atomic E-state index is 10.9. The highest BCUT2D eigenvalue weighted by atomic mass is 28.4. The lowest BCUT2D eigenvalue weighted by molar-refractivity contribution is 0.111. The second kappa shape index (κ2) is 6.56. The van der Waals surface area contributed by atoms with Crippen LogP contribution >= 0.6 is 0 Å². The van der Waals surface area contributed by atoms with Gasteiger partial charge in [-0.2, -0.15) is 0 Å². The van der Waals surface area contributed by atoms with Gasteiger partial charge in [-0.15, -0.1) is 0 Å². The Hall–Kier alpha value is -1.33. The molecule has 0 aliphatic heterocycles. The molecule has 0 aliphatic carbocycles. The lowest BCUT2D eigenvalue weighted by Gasteiger charge is -2.17. The Morgan fingerprint density at radius 1 is 1.22 bits per heavy atom. The predicted octanol–water partition coefficient (Wildman–Crippen LogP) is 2.74. The monoisotopic (exact) mass is 268 g/mol. The van der Waals surface area contributed by atoms with E-state index < -0.39 is 8.32 Å². The summed E-state index contributed by atoms with van der Waals surface area (Å²) < 4.78 is 16.3. The fraction of sp³-hybridized carbons (Fsp3) is 0.462. The molecule has 0 N–H and O–H groups in total. The van der Waals surface area contributed by atoms with Gasteiger partial charge in [0.05, 0.1) is 19.3 Å². The van der Waals surface area contributed by atoms with Crippen molar-refractivity contribution in [3.05, 3.63) is 23.8 Å². The average Bonchev–Trinajstić information content (AvgIpc) is 2.33. The van der Waals surface area contributed by atoms with Crippen LogP contribution in [0.25, 0.3) is 0 Å². The molecule has 0 bridgehead atoms. The smallest absolute Gasteiger partial charge is 0.183 e. The highest BCUT2D eigenvalue weighted by molar-refractivity contribution is 6.69. The quantitative estimate of drug-likeness (QED) is 0.433. The number of rotatable bonds is 7. The molecule has 0 saturated heterocycles. The third-order valence-corrected chi connectivity index (χ3v) is 3.29. The third-order valence-electron chi connectivity index (χ3n) is 2.22. The van der Waals surface area contributed by atoms with Crippen LogP contribution in [0.2, 0.25) is 19.6 Å². The van der Waals surface area contributed by atoms with E-state index in [4.69, 9.17) is 13.9 Å². The Kier molecular flexibility index (Phi) is 5.37. The molecule has 0 amide bonds. The van der Waals surface area contributed by atoms with Crippen molar-refractivity contribution >= 4 is 14.6 Å². The summed E-state index contributed by atoms with van der Waals surface area (Å²) in [6, 6.07) is 5.15. The number of carbonyl (C=O) groups is 1. The Morgan fingerprint density at radius 3 is 2.50 bits per heavy atom. The van der Waals surface area contributed by atoms with Gasteiger partial charge >= 0.3 is 0 Å². The van der Waals surface area contributed by atoms with E-state index in [0.29, 0.717) is 30.3 Å². The van der Waals surface area contributed by atoms with Gasteiger partial charge in [-0.1, -0.05) is 0 Å². The molecular weight excluding hydrogens is 248 g/mol. The van der Waals surface area contributed by atoms with E-state index in [1.54, 1.807) is 25.3 Å². The zero-order valence-electron chi connectivity index (χ0n) is 11.4. The number of benzene rings is 1. The molecule has 100 valence electrons. The molecule has 4 nitrogen and oxygen atoms in total. The third kappa shape index (κ3) is 4.89. The van der Waals surface area contributed by atoms with E-state index in [-0.39, 0.29) is 0 Å². The van der Waals surface area contributed by atoms with E-state index in [2.05, 4.69) is 19.6 Å². The summed E-state index contributed by atoms with van der Waals surface area (Å²) in [7, 11) is 0.0602. The molecule has 0 radical (unpaired) electrons. The molecule has 0 heterocycles. The summed E-state index contributed by atoms with van der Waals surface area (Å²) in [6.07, 6.45) is 0.761. The molecule has 0 aromatic heterocycles. The van der Waals surface area contributed by atoms with Crippen molar-refractivity contribution in [1.29, 1.82) is 0 Å². The van der Waals surface area contributed by atoms with Crippen molar-refractivity contribution in [3.8, 4) is 11.5 Å². The van der Waals surface area contributed by atoms with Gasteiger partial charge in [0.15, 0.2) is 14.6 Å². The molecule has 1 aromatic carbocycles. The summed E-state index contributed by atoms with van der Waals surface area (Å²) in [5, 5.41) is 0. The number of carbonyl (C=O) groups excluding carboxylic acids is 1. The standard InChI is InChI=1S/C13H20O4Si/c1-15-12-5-6-13(11(9-12)10-14)16-7-8-17-18(2,3)4/h5-6,9-10H,7-8H2,1-4H3.